The van der Waals surface area contributed by atoms with Crippen LogP contribution in [0.1, 0.15) is 35.0 Å². The molecular weight excluding hydrogens is 684 g/mol. The number of oxazole rings is 2. The lowest BCUT2D eigenvalue weighted by molar-refractivity contribution is -0.301. The first-order chi connectivity index (χ1) is 25.8. The number of methoxy groups -OCH3 is 1. The molecule has 53 heavy (non-hydrogen) atoms. The van der Waals surface area contributed by atoms with Gasteiger partial charge >= 0.3 is 17.9 Å². The van der Waals surface area contributed by atoms with Crippen LogP contribution in [0.4, 0.5) is 0 Å². The van der Waals surface area contributed by atoms with Crippen LogP contribution in [0.5, 0.6) is 0 Å². The maximum absolute atomic E-state index is 14.1. The van der Waals surface area contributed by atoms with Crippen molar-refractivity contribution in [2.75, 3.05) is 13.7 Å². The molecule has 1 fully saturated rings. The molecule has 1 N–H and O–H groups in total. The van der Waals surface area contributed by atoms with E-state index >= 15 is 0 Å². The molecule has 6 rings (SSSR count). The molecule has 276 valence electrons. The third-order valence-corrected chi connectivity index (χ3v) is 8.85. The highest BCUT2D eigenvalue weighted by Gasteiger charge is 2.53. The van der Waals surface area contributed by atoms with Crippen LogP contribution in [0.15, 0.2) is 113 Å². The van der Waals surface area contributed by atoms with Crippen LogP contribution in [0.3, 0.4) is 0 Å². The van der Waals surface area contributed by atoms with Crippen molar-refractivity contribution >= 4 is 40.1 Å². The highest BCUT2D eigenvalue weighted by atomic mass is 16.7. The molecule has 7 atom stereocenters. The fourth-order valence-electron chi connectivity index (χ4n) is 6.21. The van der Waals surface area contributed by atoms with Crippen molar-refractivity contribution in [2.24, 2.45) is 11.8 Å². The Kier molecular flexibility index (Phi) is 12.1. The van der Waals surface area contributed by atoms with Crippen molar-refractivity contribution in [1.29, 1.82) is 0 Å². The Labute approximate surface area is 305 Å². The van der Waals surface area contributed by atoms with Gasteiger partial charge in [0.15, 0.2) is 47.5 Å². The predicted octanol–water partition coefficient (Wildman–Crippen LogP) is 5.55. The molecule has 1 aliphatic heterocycles. The molecule has 0 bridgehead atoms. The molecule has 5 aromatic rings. The molecule has 0 aliphatic carbocycles. The number of hydrogen-bond donors (Lipinski definition) is 1. The van der Waals surface area contributed by atoms with Crippen molar-refractivity contribution < 1.29 is 52.0 Å². The molecule has 0 spiro atoms. The van der Waals surface area contributed by atoms with E-state index in [4.69, 9.17) is 32.5 Å². The lowest BCUT2D eigenvalue weighted by Gasteiger charge is -2.44. The van der Waals surface area contributed by atoms with E-state index in [0.29, 0.717) is 34.0 Å². The Bertz CT molecular complexity index is 1970. The van der Waals surface area contributed by atoms with Gasteiger partial charge in [0.1, 0.15) is 17.1 Å². The molecule has 0 unspecified atom stereocenters. The summed E-state index contributed by atoms with van der Waals surface area (Å²) in [4.78, 5) is 50.5. The number of fused-ring (bicyclic) bond motifs is 2. The monoisotopic (exact) mass is 724 g/mol. The maximum atomic E-state index is 14.1. The quantitative estimate of drug-likeness (QED) is 0.0764. The molecule has 2 aromatic heterocycles. The minimum absolute atomic E-state index is 0.0464. The molecule has 0 amide bonds. The van der Waals surface area contributed by atoms with Gasteiger partial charge in [-0.15, -0.1) is 13.2 Å². The maximum Gasteiger partial charge on any atom is 0.338 e. The number of aromatic nitrogens is 2. The second-order valence-electron chi connectivity index (χ2n) is 12.5. The second kappa shape index (κ2) is 17.3. The number of nitrogens with zero attached hydrogens (tertiary/aromatic N) is 2. The van der Waals surface area contributed by atoms with E-state index in [-0.39, 0.29) is 31.2 Å². The van der Waals surface area contributed by atoms with Crippen LogP contribution in [0.2, 0.25) is 0 Å². The van der Waals surface area contributed by atoms with Gasteiger partial charge in [0.2, 0.25) is 0 Å². The van der Waals surface area contributed by atoms with Crippen molar-refractivity contribution in [2.45, 2.75) is 56.4 Å². The van der Waals surface area contributed by atoms with Crippen LogP contribution in [-0.2, 0) is 46.1 Å². The zero-order valence-corrected chi connectivity index (χ0v) is 29.1. The number of rotatable bonds is 16. The van der Waals surface area contributed by atoms with Gasteiger partial charge in [0, 0.05) is 20.0 Å². The van der Waals surface area contributed by atoms with Gasteiger partial charge in [0.25, 0.3) is 0 Å². The Morgan fingerprint density at radius 2 is 1.25 bits per heavy atom. The van der Waals surface area contributed by atoms with E-state index < -0.39 is 67.1 Å². The van der Waals surface area contributed by atoms with Gasteiger partial charge in [0.05, 0.1) is 24.0 Å². The third-order valence-electron chi connectivity index (χ3n) is 8.85. The van der Waals surface area contributed by atoms with Crippen molar-refractivity contribution in [3.8, 4) is 0 Å². The number of hydrogen-bond acceptors (Lipinski definition) is 13. The summed E-state index contributed by atoms with van der Waals surface area (Å²) in [5.41, 5.74) is 2.56. The zero-order valence-electron chi connectivity index (χ0n) is 29.1. The van der Waals surface area contributed by atoms with E-state index in [2.05, 4.69) is 23.1 Å². The summed E-state index contributed by atoms with van der Waals surface area (Å²) in [7, 11) is 1.31. The number of esters is 3. The second-order valence-corrected chi connectivity index (χ2v) is 12.5. The summed E-state index contributed by atoms with van der Waals surface area (Å²) >= 11 is 0. The number of para-hydroxylation sites is 4. The van der Waals surface area contributed by atoms with E-state index in [0.717, 1.165) is 0 Å². The first-order valence-electron chi connectivity index (χ1n) is 17.2. The third kappa shape index (κ3) is 8.71. The molecule has 1 aliphatic rings. The molecule has 3 aromatic carbocycles. The largest absolute Gasteiger partial charge is 0.454 e. The van der Waals surface area contributed by atoms with Crippen LogP contribution < -0.4 is 0 Å². The van der Waals surface area contributed by atoms with Crippen molar-refractivity contribution in [1.82, 2.24) is 9.97 Å². The van der Waals surface area contributed by atoms with Crippen LogP contribution in [-0.4, -0.2) is 77.4 Å². The Hall–Kier alpha value is -5.63. The molecule has 13 nitrogen and oxygen atoms in total. The normalized spacial score (nSPS) is 21.1. The number of aliphatic hydroxyl groups is 1. The molecular formula is C40H40N2O11. The standard InChI is InChI=1S/C40H40N2O11/c1-4-13-25(21-32-41-27-17-9-11-19-29(27)48-32)38(45)52-35-34(51-37(44)24-15-7-6-8-16-24)31(23-43)50-40(47-3)36(35)53-39(46)26(14-5-2)22-33-42-28-18-10-12-20-30(28)49-33/h4-12,15-20,25-26,31,34-36,40,43H,1-2,13-14,21-23H2,3H3/t25-,26-,31+,34-,35-,36+,40-/m0/s1. The van der Waals surface area contributed by atoms with Gasteiger partial charge in [-0.3, -0.25) is 9.59 Å². The van der Waals surface area contributed by atoms with E-state index in [1.165, 1.54) is 7.11 Å². The van der Waals surface area contributed by atoms with Crippen LogP contribution in [0.25, 0.3) is 22.2 Å². The molecule has 0 radical (unpaired) electrons. The van der Waals surface area contributed by atoms with Crippen LogP contribution in [0, 0.1) is 11.8 Å². The number of aliphatic hydroxyl groups excluding tert-OH is 1. The summed E-state index contributed by atoms with van der Waals surface area (Å²) in [5.74, 6) is -3.34. The minimum Gasteiger partial charge on any atom is -0.454 e. The summed E-state index contributed by atoms with van der Waals surface area (Å²) in [6, 6.07) is 22.5. The highest BCUT2D eigenvalue weighted by Crippen LogP contribution is 2.32. The molecule has 13 heteroatoms. The van der Waals surface area contributed by atoms with Gasteiger partial charge in [-0.25, -0.2) is 14.8 Å². The van der Waals surface area contributed by atoms with Crippen LogP contribution >= 0.6 is 0 Å². The lowest BCUT2D eigenvalue weighted by atomic mass is 9.96. The minimum atomic E-state index is -1.50. The number of ether oxygens (including phenoxy) is 5. The first-order valence-corrected chi connectivity index (χ1v) is 17.2. The first kappa shape index (κ1) is 37.1. The highest BCUT2D eigenvalue weighted by molar-refractivity contribution is 5.89. The summed E-state index contributed by atoms with van der Waals surface area (Å²) < 4.78 is 41.4. The number of carbonyl (C=O) groups excluding carboxylic acids is 3. The lowest BCUT2D eigenvalue weighted by Crippen LogP contribution is -2.63. The predicted molar refractivity (Wildman–Crippen MR) is 190 cm³/mol. The summed E-state index contributed by atoms with van der Waals surface area (Å²) in [5, 5.41) is 10.4. The fourth-order valence-corrected chi connectivity index (χ4v) is 6.21. The topological polar surface area (TPSA) is 170 Å². The Balaban J connectivity index is 1.31. The number of benzene rings is 3. The SMILES string of the molecule is C=CC[C@@H](Cc1nc2ccccc2o1)C(=O)O[C@H]1[C@@H](OC(=O)c2ccccc2)[C@@H](CO)O[C@H](OC)[C@@H]1OC(=O)[C@@H](CC=C)Cc1nc2ccccc2o1. The zero-order chi connectivity index (χ0) is 37.3. The average Bonchev–Trinajstić information content (AvgIpc) is 3.79. The fraction of sp³-hybridized carbons (Fsp3) is 0.325. The number of carbonyl (C=O) groups is 3. The molecule has 3 heterocycles. The average molecular weight is 725 g/mol. The molecule has 0 saturated carbocycles. The van der Waals surface area contributed by atoms with Gasteiger partial charge in [-0.2, -0.15) is 0 Å². The Morgan fingerprint density at radius 1 is 0.736 bits per heavy atom. The van der Waals surface area contributed by atoms with E-state index in [1.54, 1.807) is 66.7 Å². The smallest absolute Gasteiger partial charge is 0.338 e. The summed E-state index contributed by atoms with van der Waals surface area (Å²) in [6.07, 6.45) is -3.39. The summed E-state index contributed by atoms with van der Waals surface area (Å²) in [6.45, 7) is 6.94. The van der Waals surface area contributed by atoms with E-state index in [9.17, 15) is 19.5 Å². The Morgan fingerprint density at radius 3 is 1.74 bits per heavy atom. The number of allylic oxidation sites excluding steroid dienone is 2. The van der Waals surface area contributed by atoms with Crippen molar-refractivity contribution in [3.63, 3.8) is 0 Å². The van der Waals surface area contributed by atoms with Gasteiger partial charge < -0.3 is 37.6 Å². The van der Waals surface area contributed by atoms with E-state index in [1.807, 2.05) is 24.3 Å². The van der Waals surface area contributed by atoms with Gasteiger partial charge in [-0.1, -0.05) is 54.6 Å². The molecule has 1 saturated heterocycles. The van der Waals surface area contributed by atoms with Gasteiger partial charge in [-0.05, 0) is 49.2 Å². The van der Waals surface area contributed by atoms with Crippen molar-refractivity contribution in [3.05, 3.63) is 122 Å².